The van der Waals surface area contributed by atoms with Crippen molar-refractivity contribution in [2.75, 3.05) is 0 Å². The van der Waals surface area contributed by atoms with Crippen molar-refractivity contribution in [1.82, 2.24) is 5.43 Å². The smallest absolute Gasteiger partial charge is 0.280 e. The number of fused-ring (bicyclic) bond motifs is 1. The lowest BCUT2D eigenvalue weighted by molar-refractivity contribution is -0.127. The highest BCUT2D eigenvalue weighted by Gasteiger charge is 2.14. The molecule has 0 aromatic heterocycles. The van der Waals surface area contributed by atoms with Crippen LogP contribution in [-0.4, -0.2) is 18.2 Å². The van der Waals surface area contributed by atoms with Crippen LogP contribution in [0.5, 0.6) is 5.75 Å². The minimum Gasteiger partial charge on any atom is -0.481 e. The van der Waals surface area contributed by atoms with E-state index in [1.165, 1.54) is 5.56 Å². The number of aryl methyl sites for hydroxylation is 2. The predicted molar refractivity (Wildman–Crippen MR) is 106 cm³/mol. The van der Waals surface area contributed by atoms with Gasteiger partial charge in [0.1, 0.15) is 5.75 Å². The van der Waals surface area contributed by atoms with Gasteiger partial charge in [0, 0.05) is 0 Å². The first-order valence-electron chi connectivity index (χ1n) is 8.58. The molecule has 0 radical (unpaired) electrons. The first-order valence-corrected chi connectivity index (χ1v) is 8.58. The molecule has 0 heterocycles. The van der Waals surface area contributed by atoms with Crippen molar-refractivity contribution < 1.29 is 9.53 Å². The van der Waals surface area contributed by atoms with Crippen LogP contribution in [0.3, 0.4) is 0 Å². The third-order valence-electron chi connectivity index (χ3n) is 4.21. The van der Waals surface area contributed by atoms with E-state index in [9.17, 15) is 4.79 Å². The highest BCUT2D eigenvalue weighted by molar-refractivity contribution is 5.86. The van der Waals surface area contributed by atoms with Crippen molar-refractivity contribution in [3.05, 3.63) is 77.4 Å². The van der Waals surface area contributed by atoms with Gasteiger partial charge in [-0.3, -0.25) is 4.79 Å². The van der Waals surface area contributed by atoms with Crippen LogP contribution in [0, 0.1) is 13.8 Å². The Morgan fingerprint density at radius 3 is 2.58 bits per heavy atom. The Hall–Kier alpha value is -3.14. The molecule has 1 N–H and O–H groups in total. The van der Waals surface area contributed by atoms with Gasteiger partial charge in [-0.05, 0) is 54.8 Å². The number of nitrogens with one attached hydrogen (secondary N) is 1. The summed E-state index contributed by atoms with van der Waals surface area (Å²) in [7, 11) is 0. The van der Waals surface area contributed by atoms with Crippen molar-refractivity contribution in [2.24, 2.45) is 5.10 Å². The van der Waals surface area contributed by atoms with Crippen molar-refractivity contribution in [1.29, 1.82) is 0 Å². The molecule has 1 unspecified atom stereocenters. The number of hydrogen-bond donors (Lipinski definition) is 1. The Bertz CT molecular complexity index is 963. The molecular formula is C22H22N2O2. The molecule has 0 aliphatic carbocycles. The maximum absolute atomic E-state index is 12.2. The summed E-state index contributed by atoms with van der Waals surface area (Å²) in [5, 5.41) is 6.25. The molecule has 1 atom stereocenters. The standard InChI is InChI=1S/C22H22N2O2/c1-15-8-9-20(16(2)12-15)14-23-24-22(25)17(3)26-21-11-10-18-6-4-5-7-19(18)13-21/h4-14,17H,1-3H3,(H,24,25)/b23-14+. The Labute approximate surface area is 153 Å². The summed E-state index contributed by atoms with van der Waals surface area (Å²) in [5.74, 6) is 0.365. The van der Waals surface area contributed by atoms with Crippen molar-refractivity contribution >= 4 is 22.9 Å². The molecule has 0 fully saturated rings. The topological polar surface area (TPSA) is 50.7 Å². The number of amides is 1. The van der Waals surface area contributed by atoms with Gasteiger partial charge in [-0.15, -0.1) is 0 Å². The summed E-state index contributed by atoms with van der Waals surface area (Å²) in [6.07, 6.45) is 1.00. The lowest BCUT2D eigenvalue weighted by atomic mass is 10.1. The summed E-state index contributed by atoms with van der Waals surface area (Å²) >= 11 is 0. The quantitative estimate of drug-likeness (QED) is 0.551. The average Bonchev–Trinajstić information content (AvgIpc) is 2.63. The van der Waals surface area contributed by atoms with E-state index >= 15 is 0 Å². The van der Waals surface area contributed by atoms with E-state index in [2.05, 4.69) is 16.6 Å². The molecule has 3 rings (SSSR count). The zero-order chi connectivity index (χ0) is 18.5. The van der Waals surface area contributed by atoms with Crippen LogP contribution in [0.2, 0.25) is 0 Å². The highest BCUT2D eigenvalue weighted by Crippen LogP contribution is 2.21. The summed E-state index contributed by atoms with van der Waals surface area (Å²) in [6.45, 7) is 5.76. The van der Waals surface area contributed by atoms with Crippen molar-refractivity contribution in [2.45, 2.75) is 26.9 Å². The van der Waals surface area contributed by atoms with Crippen LogP contribution >= 0.6 is 0 Å². The molecule has 3 aromatic rings. The van der Waals surface area contributed by atoms with E-state index in [-0.39, 0.29) is 5.91 Å². The number of nitrogens with zero attached hydrogens (tertiary/aromatic N) is 1. The van der Waals surface area contributed by atoms with E-state index < -0.39 is 6.10 Å². The second-order valence-electron chi connectivity index (χ2n) is 6.36. The van der Waals surface area contributed by atoms with Gasteiger partial charge in [-0.2, -0.15) is 5.10 Å². The van der Waals surface area contributed by atoms with Crippen LogP contribution in [0.4, 0.5) is 0 Å². The second kappa shape index (κ2) is 7.83. The molecule has 26 heavy (non-hydrogen) atoms. The maximum Gasteiger partial charge on any atom is 0.280 e. The molecule has 1 amide bonds. The van der Waals surface area contributed by atoms with Crippen molar-refractivity contribution in [3.8, 4) is 5.75 Å². The number of carbonyl (C=O) groups excluding carboxylic acids is 1. The van der Waals surface area contributed by atoms with Crippen LogP contribution in [0.25, 0.3) is 10.8 Å². The monoisotopic (exact) mass is 346 g/mol. The largest absolute Gasteiger partial charge is 0.481 e. The van der Waals surface area contributed by atoms with Crippen LogP contribution in [0.1, 0.15) is 23.6 Å². The van der Waals surface area contributed by atoms with Gasteiger partial charge >= 0.3 is 0 Å². The normalized spacial score (nSPS) is 12.3. The number of carbonyl (C=O) groups is 1. The van der Waals surface area contributed by atoms with E-state index in [0.717, 1.165) is 21.9 Å². The molecule has 3 aromatic carbocycles. The van der Waals surface area contributed by atoms with Gasteiger partial charge in [0.05, 0.1) is 6.21 Å². The molecule has 0 aliphatic heterocycles. The van der Waals surface area contributed by atoms with Crippen LogP contribution < -0.4 is 10.2 Å². The highest BCUT2D eigenvalue weighted by atomic mass is 16.5. The SMILES string of the molecule is Cc1ccc(/C=N/NC(=O)C(C)Oc2ccc3ccccc3c2)c(C)c1. The molecular weight excluding hydrogens is 324 g/mol. The number of hydrazone groups is 1. The summed E-state index contributed by atoms with van der Waals surface area (Å²) < 4.78 is 5.74. The molecule has 132 valence electrons. The molecule has 4 nitrogen and oxygen atoms in total. The van der Waals surface area contributed by atoms with Crippen LogP contribution in [-0.2, 0) is 4.79 Å². The van der Waals surface area contributed by atoms with E-state index in [0.29, 0.717) is 5.75 Å². The molecule has 0 spiro atoms. The third kappa shape index (κ3) is 4.28. The minimum absolute atomic E-state index is 0.292. The van der Waals surface area contributed by atoms with E-state index in [1.54, 1.807) is 13.1 Å². The zero-order valence-electron chi connectivity index (χ0n) is 15.2. The first-order chi connectivity index (χ1) is 12.5. The fourth-order valence-corrected chi connectivity index (χ4v) is 2.73. The molecule has 0 saturated heterocycles. The van der Waals surface area contributed by atoms with Gasteiger partial charge in [0.2, 0.25) is 0 Å². The minimum atomic E-state index is -0.646. The second-order valence-corrected chi connectivity index (χ2v) is 6.36. The van der Waals surface area contributed by atoms with Gasteiger partial charge in [0.25, 0.3) is 5.91 Å². The number of ether oxygens (including phenoxy) is 1. The van der Waals surface area contributed by atoms with E-state index in [4.69, 9.17) is 4.74 Å². The number of benzene rings is 3. The van der Waals surface area contributed by atoms with Crippen LogP contribution in [0.15, 0.2) is 65.8 Å². The Morgan fingerprint density at radius 1 is 1.04 bits per heavy atom. The van der Waals surface area contributed by atoms with Gasteiger partial charge in [-0.1, -0.05) is 54.1 Å². The summed E-state index contributed by atoms with van der Waals surface area (Å²) in [6, 6.07) is 19.9. The van der Waals surface area contributed by atoms with Gasteiger partial charge < -0.3 is 4.74 Å². The Kier molecular flexibility index (Phi) is 5.32. The molecule has 4 heteroatoms. The summed E-state index contributed by atoms with van der Waals surface area (Å²) in [5.41, 5.74) is 5.82. The first kappa shape index (κ1) is 17.7. The Morgan fingerprint density at radius 2 is 1.81 bits per heavy atom. The maximum atomic E-state index is 12.2. The molecule has 0 saturated carbocycles. The summed E-state index contributed by atoms with van der Waals surface area (Å²) in [4.78, 5) is 12.2. The fraction of sp³-hybridized carbons (Fsp3) is 0.182. The molecule has 0 bridgehead atoms. The predicted octanol–water partition coefficient (Wildman–Crippen LogP) is 4.37. The lowest BCUT2D eigenvalue weighted by Gasteiger charge is -2.13. The zero-order valence-corrected chi connectivity index (χ0v) is 15.2. The van der Waals surface area contributed by atoms with Gasteiger partial charge in [-0.25, -0.2) is 5.43 Å². The Balaban J connectivity index is 1.60. The van der Waals surface area contributed by atoms with E-state index in [1.807, 2.05) is 68.4 Å². The van der Waals surface area contributed by atoms with Gasteiger partial charge in [0.15, 0.2) is 6.10 Å². The number of rotatable bonds is 5. The average molecular weight is 346 g/mol. The number of hydrogen-bond acceptors (Lipinski definition) is 3. The lowest BCUT2D eigenvalue weighted by Crippen LogP contribution is -2.33. The van der Waals surface area contributed by atoms with Crippen molar-refractivity contribution in [3.63, 3.8) is 0 Å². The molecule has 0 aliphatic rings. The fourth-order valence-electron chi connectivity index (χ4n) is 2.73. The third-order valence-corrected chi connectivity index (χ3v) is 4.21.